The number of anilines is 4. The summed E-state index contributed by atoms with van der Waals surface area (Å²) in [6, 6.07) is 10.8. The lowest BCUT2D eigenvalue weighted by molar-refractivity contribution is 0.0511. The van der Waals surface area contributed by atoms with Crippen LogP contribution in [0.25, 0.3) is 0 Å². The molecule has 2 heterocycles. The summed E-state index contributed by atoms with van der Waals surface area (Å²) in [6.45, 7) is 7.48. The lowest BCUT2D eigenvalue weighted by Crippen LogP contribution is -2.27. The van der Waals surface area contributed by atoms with E-state index in [-0.39, 0.29) is 5.91 Å². The number of carbonyl (C=O) groups excluding carboxylic acids is 1. The van der Waals surface area contributed by atoms with E-state index < -0.39 is 0 Å². The number of pyridine rings is 1. The highest BCUT2D eigenvalue weighted by molar-refractivity contribution is 5.94. The van der Waals surface area contributed by atoms with E-state index in [4.69, 9.17) is 15.2 Å². The van der Waals surface area contributed by atoms with Crippen molar-refractivity contribution in [3.8, 4) is 0 Å². The monoisotopic (exact) mass is 507 g/mol. The molecule has 0 radical (unpaired) electrons. The van der Waals surface area contributed by atoms with Crippen molar-refractivity contribution >= 4 is 29.4 Å². The van der Waals surface area contributed by atoms with Gasteiger partial charge in [-0.3, -0.25) is 9.78 Å². The lowest BCUT2D eigenvalue weighted by atomic mass is 10.2. The average molecular weight is 508 g/mol. The molecule has 3 aromatic rings. The molecular formula is C25H33N9O3. The van der Waals surface area contributed by atoms with E-state index in [0.717, 1.165) is 11.3 Å². The minimum Gasteiger partial charge on any atom is -0.378 e. The minimum absolute atomic E-state index is 0.187. The molecule has 0 spiro atoms. The van der Waals surface area contributed by atoms with Crippen LogP contribution in [0.1, 0.15) is 15.9 Å². The molecule has 1 amide bonds. The van der Waals surface area contributed by atoms with Gasteiger partial charge >= 0.3 is 0 Å². The van der Waals surface area contributed by atoms with Crippen LogP contribution in [0.3, 0.4) is 0 Å². The second kappa shape index (κ2) is 15.8. The number of aromatic nitrogens is 4. The summed E-state index contributed by atoms with van der Waals surface area (Å²) >= 11 is 0. The normalized spacial score (nSPS) is 10.5. The van der Waals surface area contributed by atoms with E-state index in [0.29, 0.717) is 76.0 Å². The van der Waals surface area contributed by atoms with Gasteiger partial charge in [-0.05, 0) is 42.0 Å². The van der Waals surface area contributed by atoms with Crippen molar-refractivity contribution in [2.24, 2.45) is 5.73 Å². The summed E-state index contributed by atoms with van der Waals surface area (Å²) in [5.41, 5.74) is 7.64. The van der Waals surface area contributed by atoms with Gasteiger partial charge in [0.25, 0.3) is 5.91 Å². The van der Waals surface area contributed by atoms with Crippen LogP contribution >= 0.6 is 0 Å². The molecule has 0 unspecified atom stereocenters. The highest BCUT2D eigenvalue weighted by Crippen LogP contribution is 2.17. The lowest BCUT2D eigenvalue weighted by Gasteiger charge is -2.11. The highest BCUT2D eigenvalue weighted by atomic mass is 16.5. The molecule has 2 aromatic heterocycles. The number of benzene rings is 1. The smallest absolute Gasteiger partial charge is 0.251 e. The Labute approximate surface area is 216 Å². The number of nitrogens with one attached hydrogen (secondary N) is 4. The molecule has 6 N–H and O–H groups in total. The van der Waals surface area contributed by atoms with Gasteiger partial charge in [0.2, 0.25) is 17.8 Å². The molecule has 0 aliphatic heterocycles. The quantitative estimate of drug-likeness (QED) is 0.134. The molecule has 0 saturated heterocycles. The number of nitrogens with two attached hydrogens (primary N) is 1. The largest absolute Gasteiger partial charge is 0.378 e. The standard InChI is InChI=1S/C25H33N9O3/c1-2-10-29-23-32-24(30-18-19-7-11-27-12-8-19)34-25(33-23)31-21-5-3-20(4-6-21)22(35)28-13-15-37-17-16-36-14-9-26/h2-8,11-12H,1,9-10,13-18,26H2,(H,28,35)(H3,29,30,31,32,33,34). The molecule has 196 valence electrons. The van der Waals surface area contributed by atoms with E-state index in [9.17, 15) is 4.79 Å². The molecule has 0 aliphatic rings. The molecule has 37 heavy (non-hydrogen) atoms. The van der Waals surface area contributed by atoms with Crippen molar-refractivity contribution in [2.45, 2.75) is 6.54 Å². The van der Waals surface area contributed by atoms with Crippen LogP contribution in [-0.4, -0.2) is 71.9 Å². The Balaban J connectivity index is 1.53. The van der Waals surface area contributed by atoms with Crippen LogP contribution in [0.2, 0.25) is 0 Å². The first kappa shape index (κ1) is 27.5. The van der Waals surface area contributed by atoms with E-state index in [1.54, 1.807) is 42.7 Å². The van der Waals surface area contributed by atoms with E-state index in [1.807, 2.05) is 12.1 Å². The van der Waals surface area contributed by atoms with Crippen LogP contribution < -0.4 is 27.0 Å². The van der Waals surface area contributed by atoms with Crippen molar-refractivity contribution in [3.63, 3.8) is 0 Å². The zero-order valence-corrected chi connectivity index (χ0v) is 20.7. The fraction of sp³-hybridized carbons (Fsp3) is 0.320. The van der Waals surface area contributed by atoms with Crippen LogP contribution in [0, 0.1) is 0 Å². The maximum atomic E-state index is 12.4. The fourth-order valence-corrected chi connectivity index (χ4v) is 3.01. The zero-order valence-electron chi connectivity index (χ0n) is 20.7. The third-order valence-corrected chi connectivity index (χ3v) is 4.81. The molecule has 0 bridgehead atoms. The van der Waals surface area contributed by atoms with Crippen molar-refractivity contribution in [3.05, 3.63) is 72.6 Å². The minimum atomic E-state index is -0.187. The first-order chi connectivity index (χ1) is 18.2. The van der Waals surface area contributed by atoms with E-state index in [2.05, 4.69) is 47.8 Å². The molecule has 0 aliphatic carbocycles. The van der Waals surface area contributed by atoms with Crippen molar-refractivity contribution in [1.29, 1.82) is 0 Å². The van der Waals surface area contributed by atoms with Gasteiger partial charge in [0.05, 0.1) is 26.4 Å². The van der Waals surface area contributed by atoms with Crippen LogP contribution in [-0.2, 0) is 16.0 Å². The topological polar surface area (TPSA) is 161 Å². The Morgan fingerprint density at radius 3 is 2.27 bits per heavy atom. The Bertz CT molecular complexity index is 1100. The zero-order chi connectivity index (χ0) is 26.1. The Morgan fingerprint density at radius 2 is 1.57 bits per heavy atom. The highest BCUT2D eigenvalue weighted by Gasteiger charge is 2.09. The number of rotatable bonds is 17. The van der Waals surface area contributed by atoms with Gasteiger partial charge in [0, 0.05) is 49.8 Å². The number of ether oxygens (including phenoxy) is 2. The Morgan fingerprint density at radius 1 is 0.892 bits per heavy atom. The number of amides is 1. The predicted molar refractivity (Wildman–Crippen MR) is 143 cm³/mol. The van der Waals surface area contributed by atoms with Gasteiger partial charge in [-0.2, -0.15) is 15.0 Å². The molecule has 12 heteroatoms. The van der Waals surface area contributed by atoms with E-state index in [1.165, 1.54) is 0 Å². The Kier molecular flexibility index (Phi) is 11.7. The Hall–Kier alpha value is -4.13. The van der Waals surface area contributed by atoms with Gasteiger partial charge < -0.3 is 36.5 Å². The first-order valence-corrected chi connectivity index (χ1v) is 11.9. The molecule has 0 fully saturated rings. The number of carbonyl (C=O) groups is 1. The number of hydrogen-bond donors (Lipinski definition) is 5. The van der Waals surface area contributed by atoms with Gasteiger partial charge in [-0.1, -0.05) is 6.08 Å². The fourth-order valence-electron chi connectivity index (χ4n) is 3.01. The van der Waals surface area contributed by atoms with Crippen LogP contribution in [0.15, 0.2) is 61.4 Å². The van der Waals surface area contributed by atoms with Crippen LogP contribution in [0.4, 0.5) is 23.5 Å². The maximum absolute atomic E-state index is 12.4. The summed E-state index contributed by atoms with van der Waals surface area (Å²) in [4.78, 5) is 29.7. The summed E-state index contributed by atoms with van der Waals surface area (Å²) in [7, 11) is 0. The number of nitrogens with zero attached hydrogens (tertiary/aromatic N) is 4. The summed E-state index contributed by atoms with van der Waals surface area (Å²) < 4.78 is 10.6. The maximum Gasteiger partial charge on any atom is 0.251 e. The summed E-state index contributed by atoms with van der Waals surface area (Å²) in [5, 5.41) is 12.3. The van der Waals surface area contributed by atoms with Crippen LogP contribution in [0.5, 0.6) is 0 Å². The molecule has 3 rings (SSSR count). The van der Waals surface area contributed by atoms with Crippen molar-refractivity contribution in [2.75, 3.05) is 62.0 Å². The van der Waals surface area contributed by atoms with E-state index >= 15 is 0 Å². The van der Waals surface area contributed by atoms with Gasteiger partial charge in [0.15, 0.2) is 0 Å². The summed E-state index contributed by atoms with van der Waals surface area (Å²) in [5.74, 6) is 0.973. The second-order valence-corrected chi connectivity index (χ2v) is 7.66. The van der Waals surface area contributed by atoms with Crippen molar-refractivity contribution in [1.82, 2.24) is 25.3 Å². The molecule has 1 aromatic carbocycles. The van der Waals surface area contributed by atoms with Gasteiger partial charge in [-0.25, -0.2) is 0 Å². The molecule has 0 atom stereocenters. The average Bonchev–Trinajstić information content (AvgIpc) is 2.93. The molecule has 12 nitrogen and oxygen atoms in total. The molecular weight excluding hydrogens is 474 g/mol. The SMILES string of the molecule is C=CCNc1nc(NCc2ccncc2)nc(Nc2ccc(C(=O)NCCOCCOCCN)cc2)n1. The predicted octanol–water partition coefficient (Wildman–Crippen LogP) is 1.94. The summed E-state index contributed by atoms with van der Waals surface area (Å²) in [6.07, 6.45) is 5.18. The third kappa shape index (κ3) is 10.2. The van der Waals surface area contributed by atoms with Gasteiger partial charge in [-0.15, -0.1) is 6.58 Å². The second-order valence-electron chi connectivity index (χ2n) is 7.66. The molecule has 0 saturated carbocycles. The number of hydrogen-bond acceptors (Lipinski definition) is 11. The van der Waals surface area contributed by atoms with Crippen molar-refractivity contribution < 1.29 is 14.3 Å². The van der Waals surface area contributed by atoms with Gasteiger partial charge in [0.1, 0.15) is 0 Å². The first-order valence-electron chi connectivity index (χ1n) is 11.9. The third-order valence-electron chi connectivity index (χ3n) is 4.81.